The molecule has 2 unspecified atom stereocenters. The molecule has 1 rings (SSSR count). The van der Waals surface area contributed by atoms with E-state index in [1.54, 1.807) is 6.92 Å². The Balaban J connectivity index is 2.96. The maximum Gasteiger partial charge on any atom is 0.128 e. The van der Waals surface area contributed by atoms with Crippen molar-refractivity contribution in [1.29, 1.82) is 0 Å². The lowest BCUT2D eigenvalue weighted by atomic mass is 9.99. The van der Waals surface area contributed by atoms with Gasteiger partial charge in [0.05, 0.1) is 0 Å². The molecule has 0 bridgehead atoms. The highest BCUT2D eigenvalue weighted by Gasteiger charge is 2.14. The largest absolute Gasteiger partial charge is 0.760 e. The van der Waals surface area contributed by atoms with Crippen LogP contribution in [0.2, 0.25) is 0 Å². The van der Waals surface area contributed by atoms with Crippen LogP contribution in [0.4, 0.5) is 8.78 Å². The van der Waals surface area contributed by atoms with Gasteiger partial charge >= 0.3 is 0 Å². The van der Waals surface area contributed by atoms with Crippen LogP contribution in [-0.2, 0) is 17.8 Å². The summed E-state index contributed by atoms with van der Waals surface area (Å²) in [6.07, 6.45) is 0. The Morgan fingerprint density at radius 1 is 1.47 bits per heavy atom. The van der Waals surface area contributed by atoms with Gasteiger partial charge in [-0.1, -0.05) is 6.92 Å². The lowest BCUT2D eigenvalue weighted by molar-refractivity contribution is 0.270. The van der Waals surface area contributed by atoms with E-state index in [9.17, 15) is 17.5 Å². The Morgan fingerprint density at radius 2 is 2.12 bits per heavy atom. The van der Waals surface area contributed by atoms with Crippen LogP contribution in [0.25, 0.3) is 0 Å². The smallest absolute Gasteiger partial charge is 0.128 e. The first-order chi connectivity index (χ1) is 7.95. The highest BCUT2D eigenvalue weighted by molar-refractivity contribution is 7.77. The van der Waals surface area contributed by atoms with Gasteiger partial charge in [-0.3, -0.25) is 4.21 Å². The number of benzene rings is 1. The molecule has 0 aromatic heterocycles. The van der Waals surface area contributed by atoms with Gasteiger partial charge < -0.3 is 9.66 Å². The van der Waals surface area contributed by atoms with Gasteiger partial charge in [0, 0.05) is 35.9 Å². The van der Waals surface area contributed by atoms with Gasteiger partial charge in [-0.2, -0.15) is 0 Å². The van der Waals surface area contributed by atoms with Crippen LogP contribution in [0.15, 0.2) is 12.1 Å². The van der Waals surface area contributed by atoms with Crippen molar-refractivity contribution in [2.45, 2.75) is 19.4 Å². The van der Waals surface area contributed by atoms with Gasteiger partial charge in [0.15, 0.2) is 0 Å². The monoisotopic (exact) mass is 264 g/mol. The van der Waals surface area contributed by atoms with E-state index in [0.717, 1.165) is 12.1 Å². The van der Waals surface area contributed by atoms with Crippen LogP contribution in [-0.4, -0.2) is 20.5 Å². The van der Waals surface area contributed by atoms with Crippen molar-refractivity contribution in [3.05, 3.63) is 34.9 Å². The summed E-state index contributed by atoms with van der Waals surface area (Å²) in [6, 6.07) is 1.90. The number of halogens is 2. The summed E-state index contributed by atoms with van der Waals surface area (Å²) >= 11 is -2.53. The first-order valence-corrected chi connectivity index (χ1v) is 5.94. The van der Waals surface area contributed by atoms with E-state index >= 15 is 0 Å². The minimum absolute atomic E-state index is 0.0667. The van der Waals surface area contributed by atoms with E-state index in [4.69, 9.17) is 5.11 Å². The second-order valence-electron chi connectivity index (χ2n) is 3.60. The first-order valence-electron chi connectivity index (χ1n) is 4.87. The molecular weight excluding hydrogens is 252 g/mol. The van der Waals surface area contributed by atoms with Crippen LogP contribution < -0.4 is 4.72 Å². The maximum absolute atomic E-state index is 13.5. The van der Waals surface area contributed by atoms with E-state index < -0.39 is 28.8 Å². The van der Waals surface area contributed by atoms with Crippen molar-refractivity contribution >= 4 is 11.3 Å². The zero-order chi connectivity index (χ0) is 13.0. The fraction of sp³-hybridized carbons (Fsp3) is 0.400. The number of aliphatic hydroxyl groups is 1. The maximum atomic E-state index is 13.5. The summed E-state index contributed by atoms with van der Waals surface area (Å²) in [4.78, 5) is 0. The predicted octanol–water partition coefficient (Wildman–Crippen LogP) is 0.944. The van der Waals surface area contributed by atoms with Crippen LogP contribution >= 0.6 is 0 Å². The second kappa shape index (κ2) is 6.15. The Kier molecular flexibility index (Phi) is 5.13. The molecule has 0 saturated heterocycles. The molecule has 0 fully saturated rings. The average molecular weight is 264 g/mol. The third kappa shape index (κ3) is 3.81. The number of hydrogen-bond donors (Lipinski definition) is 2. The molecular formula is C10H12F2NO3S-. The Bertz CT molecular complexity index is 428. The molecule has 0 aliphatic rings. The fourth-order valence-electron chi connectivity index (χ4n) is 1.35. The zero-order valence-electron chi connectivity index (χ0n) is 9.07. The minimum atomic E-state index is -2.53. The zero-order valence-corrected chi connectivity index (χ0v) is 9.89. The molecule has 7 heteroatoms. The van der Waals surface area contributed by atoms with Crippen molar-refractivity contribution in [3.63, 3.8) is 0 Å². The third-order valence-electron chi connectivity index (χ3n) is 2.35. The molecule has 2 N–H and O–H groups in total. The normalized spacial score (nSPS) is 14.6. The van der Waals surface area contributed by atoms with E-state index in [0.29, 0.717) is 0 Å². The van der Waals surface area contributed by atoms with Gasteiger partial charge in [0.2, 0.25) is 0 Å². The molecule has 0 aliphatic carbocycles. The summed E-state index contributed by atoms with van der Waals surface area (Å²) in [7, 11) is 0. The SMILES string of the molecule is CC(CO)c1cc(F)c(CNS(=O)[O-])cc1F. The quantitative estimate of drug-likeness (QED) is 0.777. The Hall–Kier alpha value is -0.890. The summed E-state index contributed by atoms with van der Waals surface area (Å²) in [5.41, 5.74) is -0.0161. The third-order valence-corrected chi connectivity index (χ3v) is 2.73. The lowest BCUT2D eigenvalue weighted by Crippen LogP contribution is -2.17. The van der Waals surface area contributed by atoms with E-state index in [2.05, 4.69) is 0 Å². The summed E-state index contributed by atoms with van der Waals surface area (Å²) in [5.74, 6) is -1.89. The molecule has 0 spiro atoms. The lowest BCUT2D eigenvalue weighted by Gasteiger charge is -2.13. The Morgan fingerprint density at radius 3 is 2.65 bits per heavy atom. The summed E-state index contributed by atoms with van der Waals surface area (Å²) < 4.78 is 49.4. The standard InChI is InChI=1S/C10H13F2NO3S/c1-6(5-14)8-3-9(11)7(2-10(8)12)4-13-17(15)16/h2-3,6,13-14H,4-5H2,1H3,(H,15,16)/p-1. The minimum Gasteiger partial charge on any atom is -0.760 e. The van der Waals surface area contributed by atoms with Crippen molar-refractivity contribution in [1.82, 2.24) is 4.72 Å². The van der Waals surface area contributed by atoms with Crippen molar-refractivity contribution in [2.75, 3.05) is 6.61 Å². The van der Waals surface area contributed by atoms with Crippen LogP contribution in [0.5, 0.6) is 0 Å². The van der Waals surface area contributed by atoms with Gasteiger partial charge in [-0.25, -0.2) is 13.5 Å². The molecule has 4 nitrogen and oxygen atoms in total. The molecule has 0 radical (unpaired) electrons. The molecule has 0 saturated carbocycles. The van der Waals surface area contributed by atoms with Gasteiger partial charge in [-0.05, 0) is 17.7 Å². The fourth-order valence-corrected chi connectivity index (χ4v) is 1.62. The number of aliphatic hydroxyl groups excluding tert-OH is 1. The second-order valence-corrected chi connectivity index (χ2v) is 4.36. The number of nitrogens with one attached hydrogen (secondary N) is 1. The number of rotatable bonds is 5. The Labute approximate surface area is 100 Å². The van der Waals surface area contributed by atoms with Gasteiger partial charge in [0.1, 0.15) is 11.6 Å². The highest BCUT2D eigenvalue weighted by Crippen LogP contribution is 2.22. The van der Waals surface area contributed by atoms with Crippen molar-refractivity contribution in [3.8, 4) is 0 Å². The molecule has 1 aromatic carbocycles. The molecule has 0 amide bonds. The topological polar surface area (TPSA) is 72.4 Å². The van der Waals surface area contributed by atoms with Crippen molar-refractivity contribution in [2.24, 2.45) is 0 Å². The van der Waals surface area contributed by atoms with Crippen LogP contribution in [0, 0.1) is 11.6 Å². The first kappa shape index (κ1) is 14.2. The molecule has 1 aromatic rings. The van der Waals surface area contributed by atoms with E-state index in [1.807, 2.05) is 4.72 Å². The molecule has 96 valence electrons. The summed E-state index contributed by atoms with van der Waals surface area (Å²) in [6.45, 7) is 0.952. The van der Waals surface area contributed by atoms with Gasteiger partial charge in [0.25, 0.3) is 0 Å². The predicted molar refractivity (Wildman–Crippen MR) is 57.6 cm³/mol. The van der Waals surface area contributed by atoms with Crippen LogP contribution in [0.3, 0.4) is 0 Å². The molecule has 0 aliphatic heterocycles. The van der Waals surface area contributed by atoms with Crippen molar-refractivity contribution < 1.29 is 22.6 Å². The number of hydrogen-bond acceptors (Lipinski definition) is 3. The van der Waals surface area contributed by atoms with E-state index in [1.165, 1.54) is 0 Å². The molecule has 2 atom stereocenters. The molecule has 17 heavy (non-hydrogen) atoms. The average Bonchev–Trinajstić information content (AvgIpc) is 2.28. The highest BCUT2D eigenvalue weighted by atomic mass is 32.2. The van der Waals surface area contributed by atoms with Gasteiger partial charge in [-0.15, -0.1) is 0 Å². The van der Waals surface area contributed by atoms with E-state index in [-0.39, 0.29) is 24.3 Å². The van der Waals surface area contributed by atoms with Crippen LogP contribution in [0.1, 0.15) is 24.0 Å². The summed E-state index contributed by atoms with van der Waals surface area (Å²) in [5, 5.41) is 8.87. The molecule has 0 heterocycles.